The van der Waals surface area contributed by atoms with Crippen LogP contribution in [0.5, 0.6) is 5.75 Å². The number of nitrogen functional groups attached to an aromatic ring is 1. The second-order valence-electron chi connectivity index (χ2n) is 5.22. The minimum Gasteiger partial charge on any atom is -0.405 e. The Labute approximate surface area is 164 Å². The molecular weight excluding hydrogens is 419 g/mol. The van der Waals surface area contributed by atoms with Gasteiger partial charge in [-0.1, -0.05) is 23.7 Å². The number of aromatic nitrogens is 5. The first-order chi connectivity index (χ1) is 13.7. The molecule has 2 heterocycles. The van der Waals surface area contributed by atoms with Gasteiger partial charge >= 0.3 is 6.36 Å². The third-order valence-electron chi connectivity index (χ3n) is 3.27. The van der Waals surface area contributed by atoms with Gasteiger partial charge < -0.3 is 10.5 Å². The highest BCUT2D eigenvalue weighted by Crippen LogP contribution is 2.26. The molecule has 0 aliphatic heterocycles. The maximum absolute atomic E-state index is 12.5. The van der Waals surface area contributed by atoms with Crippen LogP contribution in [0.15, 0.2) is 36.7 Å². The number of rotatable bonds is 4. The lowest BCUT2D eigenvalue weighted by atomic mass is 10.2. The van der Waals surface area contributed by atoms with Crippen LogP contribution in [0, 0.1) is 0 Å². The quantitative estimate of drug-likeness (QED) is 0.601. The van der Waals surface area contributed by atoms with E-state index in [4.69, 9.17) is 17.3 Å². The smallest absolute Gasteiger partial charge is 0.405 e. The predicted octanol–water partition coefficient (Wildman–Crippen LogP) is 1.76. The van der Waals surface area contributed by atoms with E-state index in [1.54, 1.807) is 0 Å². The number of carbonyl (C=O) groups excluding carboxylic acids is 2. The van der Waals surface area contributed by atoms with Gasteiger partial charge in [-0.05, 0) is 12.1 Å². The summed E-state index contributed by atoms with van der Waals surface area (Å²) in [6.45, 7) is 0. The lowest BCUT2D eigenvalue weighted by Gasteiger charge is -2.13. The van der Waals surface area contributed by atoms with Gasteiger partial charge in [0.25, 0.3) is 11.8 Å². The van der Waals surface area contributed by atoms with Crippen LogP contribution in [-0.4, -0.2) is 43.1 Å². The summed E-state index contributed by atoms with van der Waals surface area (Å²) in [6.07, 6.45) is -2.35. The zero-order valence-corrected chi connectivity index (χ0v) is 14.8. The molecule has 2 amide bonds. The summed E-state index contributed by atoms with van der Waals surface area (Å²) in [5.41, 5.74) is 4.62. The second kappa shape index (κ2) is 7.71. The number of hydrogen-bond donors (Lipinski definition) is 2. The molecule has 29 heavy (non-hydrogen) atoms. The Hall–Kier alpha value is -3.74. The number of hydrogen-bond acceptors (Lipinski definition) is 8. The van der Waals surface area contributed by atoms with Crippen LogP contribution in [0.1, 0.15) is 20.8 Å². The fourth-order valence-electron chi connectivity index (χ4n) is 2.14. The summed E-state index contributed by atoms with van der Waals surface area (Å²) in [7, 11) is 0. The molecule has 10 nitrogen and oxygen atoms in total. The molecule has 0 aliphatic carbocycles. The van der Waals surface area contributed by atoms with Gasteiger partial charge in [-0.25, -0.2) is 9.97 Å². The number of benzene rings is 1. The van der Waals surface area contributed by atoms with Crippen molar-refractivity contribution in [1.82, 2.24) is 30.3 Å². The maximum Gasteiger partial charge on any atom is 0.573 e. The average molecular weight is 428 g/mol. The van der Waals surface area contributed by atoms with Crippen LogP contribution in [-0.2, 0) is 0 Å². The van der Waals surface area contributed by atoms with Crippen LogP contribution < -0.4 is 15.8 Å². The number of amides is 2. The number of halogens is 4. The zero-order valence-electron chi connectivity index (χ0n) is 14.0. The van der Waals surface area contributed by atoms with Gasteiger partial charge in [-0.2, -0.15) is 10.2 Å². The molecule has 150 valence electrons. The summed E-state index contributed by atoms with van der Waals surface area (Å²) >= 11 is 5.95. The minimum absolute atomic E-state index is 0.0685. The highest BCUT2D eigenvalue weighted by Gasteiger charge is 2.33. The van der Waals surface area contributed by atoms with Gasteiger partial charge in [-0.15, -0.1) is 18.0 Å². The van der Waals surface area contributed by atoms with Crippen molar-refractivity contribution in [2.45, 2.75) is 6.36 Å². The number of alkyl halides is 3. The van der Waals surface area contributed by atoms with Gasteiger partial charge in [-0.3, -0.25) is 14.9 Å². The lowest BCUT2D eigenvalue weighted by Crippen LogP contribution is -2.33. The zero-order chi connectivity index (χ0) is 21.2. The van der Waals surface area contributed by atoms with Gasteiger partial charge in [0, 0.05) is 0 Å². The Morgan fingerprint density at radius 1 is 1.10 bits per heavy atom. The van der Waals surface area contributed by atoms with E-state index in [9.17, 15) is 22.8 Å². The lowest BCUT2D eigenvalue weighted by molar-refractivity contribution is -0.274. The molecule has 0 unspecified atom stereocenters. The Morgan fingerprint density at radius 2 is 1.76 bits per heavy atom. The van der Waals surface area contributed by atoms with Crippen LogP contribution in [0.4, 0.5) is 19.0 Å². The van der Waals surface area contributed by atoms with E-state index in [-0.39, 0.29) is 11.0 Å². The highest BCUT2D eigenvalue weighted by molar-refractivity contribution is 6.31. The third-order valence-corrected chi connectivity index (χ3v) is 3.52. The largest absolute Gasteiger partial charge is 0.573 e. The first-order valence-corrected chi connectivity index (χ1v) is 7.93. The van der Waals surface area contributed by atoms with Crippen molar-refractivity contribution in [2.75, 3.05) is 5.73 Å². The molecule has 0 aliphatic rings. The van der Waals surface area contributed by atoms with Gasteiger partial charge in [0.2, 0.25) is 5.82 Å². The van der Waals surface area contributed by atoms with E-state index in [0.29, 0.717) is 0 Å². The number of nitrogens with zero attached hydrogens (tertiary/aromatic N) is 5. The summed E-state index contributed by atoms with van der Waals surface area (Å²) in [5.74, 6) is -3.58. The Bertz CT molecular complexity index is 1070. The van der Waals surface area contributed by atoms with Crippen molar-refractivity contribution in [3.05, 3.63) is 53.1 Å². The average Bonchev–Trinajstić information content (AvgIpc) is 3.16. The van der Waals surface area contributed by atoms with Crippen LogP contribution in [0.25, 0.3) is 5.82 Å². The molecule has 0 bridgehead atoms. The normalized spacial score (nSPS) is 11.2. The molecule has 0 spiro atoms. The monoisotopic (exact) mass is 427 g/mol. The van der Waals surface area contributed by atoms with E-state index in [1.165, 1.54) is 24.5 Å². The molecule has 2 aromatic heterocycles. The number of nitrogens with one attached hydrogen (secondary N) is 1. The fourth-order valence-corrected chi connectivity index (χ4v) is 2.34. The van der Waals surface area contributed by atoms with Crippen LogP contribution in [0.3, 0.4) is 0 Å². The standard InChI is InChI=1S/C15H9ClF3N7O3/c16-10-12(26-21-5-6-22-26)24-11(20)9(23-10)14(28)25-13(27)7-3-1-2-4-8(7)29-15(17,18)19/h1-6H,(H2,20,24)(H,25,27,28). The third kappa shape index (κ3) is 4.57. The van der Waals surface area contributed by atoms with E-state index in [1.807, 2.05) is 5.32 Å². The number of ether oxygens (including phenoxy) is 1. The first-order valence-electron chi connectivity index (χ1n) is 7.56. The number of nitrogens with two attached hydrogens (primary N) is 1. The van der Waals surface area contributed by atoms with Crippen molar-refractivity contribution in [3.8, 4) is 11.6 Å². The molecule has 0 radical (unpaired) electrons. The number of anilines is 1. The molecule has 14 heteroatoms. The van der Waals surface area contributed by atoms with Crippen LogP contribution in [0.2, 0.25) is 5.15 Å². The van der Waals surface area contributed by atoms with E-state index >= 15 is 0 Å². The molecular formula is C15H9ClF3N7O3. The number of carbonyl (C=O) groups is 2. The maximum atomic E-state index is 12.5. The molecule has 0 saturated carbocycles. The highest BCUT2D eigenvalue weighted by atomic mass is 35.5. The summed E-state index contributed by atoms with van der Waals surface area (Å²) in [4.78, 5) is 33.2. The SMILES string of the molecule is Nc1nc(-n2nccn2)c(Cl)nc1C(=O)NC(=O)c1ccccc1OC(F)(F)F. The van der Waals surface area contributed by atoms with Crippen molar-refractivity contribution in [2.24, 2.45) is 0 Å². The summed E-state index contributed by atoms with van der Waals surface area (Å²) in [6, 6.07) is 4.48. The summed E-state index contributed by atoms with van der Waals surface area (Å²) in [5, 5.41) is 9.14. The molecule has 0 fully saturated rings. The molecule has 3 N–H and O–H groups in total. The summed E-state index contributed by atoms with van der Waals surface area (Å²) < 4.78 is 41.2. The number of imide groups is 1. The molecule has 1 aromatic carbocycles. The Morgan fingerprint density at radius 3 is 2.41 bits per heavy atom. The van der Waals surface area contributed by atoms with Crippen molar-refractivity contribution < 1.29 is 27.5 Å². The van der Waals surface area contributed by atoms with E-state index in [2.05, 4.69) is 24.9 Å². The van der Waals surface area contributed by atoms with Gasteiger partial charge in [0.15, 0.2) is 16.7 Å². The Kier molecular flexibility index (Phi) is 5.32. The second-order valence-corrected chi connectivity index (χ2v) is 5.58. The molecule has 0 saturated heterocycles. The van der Waals surface area contributed by atoms with Gasteiger partial charge in [0.1, 0.15) is 5.75 Å². The van der Waals surface area contributed by atoms with E-state index < -0.39 is 41.0 Å². The molecule has 0 atom stereocenters. The minimum atomic E-state index is -5.03. The fraction of sp³-hybridized carbons (Fsp3) is 0.0667. The molecule has 3 aromatic rings. The topological polar surface area (TPSA) is 138 Å². The number of para-hydroxylation sites is 1. The van der Waals surface area contributed by atoms with E-state index in [0.717, 1.165) is 16.9 Å². The Balaban J connectivity index is 1.84. The van der Waals surface area contributed by atoms with Crippen molar-refractivity contribution in [1.29, 1.82) is 0 Å². The van der Waals surface area contributed by atoms with Gasteiger partial charge in [0.05, 0.1) is 18.0 Å². The van der Waals surface area contributed by atoms with Crippen LogP contribution >= 0.6 is 11.6 Å². The van der Waals surface area contributed by atoms with Crippen molar-refractivity contribution >= 4 is 29.2 Å². The van der Waals surface area contributed by atoms with Crippen molar-refractivity contribution in [3.63, 3.8) is 0 Å². The first kappa shape index (κ1) is 20.0. The molecule has 3 rings (SSSR count). The predicted molar refractivity (Wildman–Crippen MR) is 91.3 cm³/mol.